The van der Waals surface area contributed by atoms with Gasteiger partial charge in [0.1, 0.15) is 12.4 Å². The number of aryl methyl sites for hydroxylation is 1. The highest BCUT2D eigenvalue weighted by Gasteiger charge is 2.12. The third-order valence-electron chi connectivity index (χ3n) is 1.82. The van der Waals surface area contributed by atoms with E-state index in [-0.39, 0.29) is 6.03 Å². The van der Waals surface area contributed by atoms with Crippen molar-refractivity contribution in [1.82, 2.24) is 10.1 Å². The molecule has 2 heterocycles. The number of aromatic nitrogens is 1. The molecule has 1 aliphatic rings. The first-order valence-corrected chi connectivity index (χ1v) is 4.43. The Morgan fingerprint density at radius 2 is 2.53 bits per heavy atom. The molecular weight excluding hydrogens is 196 g/mol. The minimum Gasteiger partial charge on any atom is -0.360 e. The van der Waals surface area contributed by atoms with Gasteiger partial charge in [0, 0.05) is 18.5 Å². The summed E-state index contributed by atoms with van der Waals surface area (Å²) in [6.45, 7) is 2.08. The highest BCUT2D eigenvalue weighted by Crippen LogP contribution is 2.08. The van der Waals surface area contributed by atoms with Gasteiger partial charge in [0.05, 0.1) is 0 Å². The first-order valence-electron chi connectivity index (χ1n) is 4.43. The number of hydrogen-bond donors (Lipinski definition) is 1. The monoisotopic (exact) mass is 206 g/mol. The molecule has 2 rings (SSSR count). The van der Waals surface area contributed by atoms with E-state index < -0.39 is 0 Å². The predicted octanol–water partition coefficient (Wildman–Crippen LogP) is 1.37. The zero-order valence-corrected chi connectivity index (χ0v) is 8.17. The van der Waals surface area contributed by atoms with Crippen molar-refractivity contribution in [3.05, 3.63) is 24.1 Å². The Bertz CT molecular complexity index is 422. The summed E-state index contributed by atoms with van der Waals surface area (Å²) in [6.07, 6.45) is 4.98. The summed E-state index contributed by atoms with van der Waals surface area (Å²) in [7, 11) is 0. The number of anilines is 1. The molecular formula is C9H10N4O2. The summed E-state index contributed by atoms with van der Waals surface area (Å²) < 4.78 is 4.82. The van der Waals surface area contributed by atoms with Crippen molar-refractivity contribution >= 4 is 18.1 Å². The standard InChI is InChI=1S/C9H10N4O2/c1-7-5-8(12-15-7)11-9(14)13-4-2-3-10-6-13/h2-5H,6H2,1H3,(H,11,12,14). The maximum absolute atomic E-state index is 11.6. The number of carbonyl (C=O) groups excluding carboxylic acids is 1. The molecule has 78 valence electrons. The van der Waals surface area contributed by atoms with Gasteiger partial charge in [0.2, 0.25) is 0 Å². The van der Waals surface area contributed by atoms with Gasteiger partial charge in [-0.3, -0.25) is 15.2 Å². The molecule has 0 saturated carbocycles. The van der Waals surface area contributed by atoms with Gasteiger partial charge in [-0.2, -0.15) is 0 Å². The molecule has 1 aromatic rings. The zero-order valence-electron chi connectivity index (χ0n) is 8.17. The van der Waals surface area contributed by atoms with Crippen LogP contribution in [-0.2, 0) is 0 Å². The van der Waals surface area contributed by atoms with Gasteiger partial charge in [-0.25, -0.2) is 4.79 Å². The SMILES string of the molecule is Cc1cc(NC(=O)N2C=CC=NC2)no1. The van der Waals surface area contributed by atoms with E-state index in [0.717, 1.165) is 0 Å². The Kier molecular flexibility index (Phi) is 2.49. The van der Waals surface area contributed by atoms with E-state index in [1.54, 1.807) is 31.5 Å². The number of allylic oxidation sites excluding steroid dienone is 1. The van der Waals surface area contributed by atoms with E-state index in [1.807, 2.05) is 0 Å². The van der Waals surface area contributed by atoms with Gasteiger partial charge in [0.25, 0.3) is 0 Å². The molecule has 1 aromatic heterocycles. The minimum atomic E-state index is -0.281. The van der Waals surface area contributed by atoms with Crippen molar-refractivity contribution in [2.24, 2.45) is 4.99 Å². The van der Waals surface area contributed by atoms with Crippen LogP contribution in [0.5, 0.6) is 0 Å². The number of rotatable bonds is 1. The summed E-state index contributed by atoms with van der Waals surface area (Å²) in [6, 6.07) is 1.37. The van der Waals surface area contributed by atoms with Crippen LogP contribution < -0.4 is 5.32 Å². The third kappa shape index (κ3) is 2.22. The second-order valence-electron chi connectivity index (χ2n) is 3.04. The number of nitrogens with zero attached hydrogens (tertiary/aromatic N) is 3. The van der Waals surface area contributed by atoms with E-state index in [9.17, 15) is 4.79 Å². The normalized spacial score (nSPS) is 14.3. The number of hydrogen-bond acceptors (Lipinski definition) is 4. The van der Waals surface area contributed by atoms with Crippen molar-refractivity contribution in [1.29, 1.82) is 0 Å². The molecule has 6 heteroatoms. The summed E-state index contributed by atoms with van der Waals surface area (Å²) in [5, 5.41) is 6.24. The fourth-order valence-corrected chi connectivity index (χ4v) is 1.12. The topological polar surface area (TPSA) is 70.7 Å². The van der Waals surface area contributed by atoms with Crippen LogP contribution in [0.15, 0.2) is 27.9 Å². The average Bonchev–Trinajstić information content (AvgIpc) is 2.65. The molecule has 0 aromatic carbocycles. The number of nitrogens with one attached hydrogen (secondary N) is 1. The first-order chi connectivity index (χ1) is 7.25. The van der Waals surface area contributed by atoms with Crippen molar-refractivity contribution in [3.8, 4) is 0 Å². The Balaban J connectivity index is 1.98. The van der Waals surface area contributed by atoms with E-state index in [4.69, 9.17) is 4.52 Å². The van der Waals surface area contributed by atoms with Crippen LogP contribution >= 0.6 is 0 Å². The fourth-order valence-electron chi connectivity index (χ4n) is 1.12. The molecule has 6 nitrogen and oxygen atoms in total. The molecule has 0 radical (unpaired) electrons. The number of carbonyl (C=O) groups is 1. The number of aliphatic imine (C=N–C) groups is 1. The van der Waals surface area contributed by atoms with Gasteiger partial charge < -0.3 is 4.52 Å². The molecule has 1 aliphatic heterocycles. The zero-order chi connectivity index (χ0) is 10.7. The van der Waals surface area contributed by atoms with Crippen LogP contribution in [0.3, 0.4) is 0 Å². The highest BCUT2D eigenvalue weighted by atomic mass is 16.5. The second kappa shape index (κ2) is 3.95. The van der Waals surface area contributed by atoms with Gasteiger partial charge in [0.15, 0.2) is 5.82 Å². The first kappa shape index (κ1) is 9.45. The molecule has 1 N–H and O–H groups in total. The lowest BCUT2D eigenvalue weighted by Crippen LogP contribution is -2.31. The summed E-state index contributed by atoms with van der Waals surface area (Å²) in [4.78, 5) is 17.0. The summed E-state index contributed by atoms with van der Waals surface area (Å²) in [5.74, 6) is 1.05. The fraction of sp³-hybridized carbons (Fsp3) is 0.222. The quantitative estimate of drug-likeness (QED) is 0.754. The molecule has 0 fully saturated rings. The van der Waals surface area contributed by atoms with Crippen LogP contribution in [0.4, 0.5) is 10.6 Å². The summed E-state index contributed by atoms with van der Waals surface area (Å²) in [5.41, 5.74) is 0. The van der Waals surface area contributed by atoms with Crippen LogP contribution in [0.1, 0.15) is 5.76 Å². The molecule has 0 aliphatic carbocycles. The molecule has 0 spiro atoms. The van der Waals surface area contributed by atoms with Gasteiger partial charge in [-0.15, -0.1) is 0 Å². The molecule has 2 amide bonds. The smallest absolute Gasteiger partial charge is 0.328 e. The van der Waals surface area contributed by atoms with E-state index >= 15 is 0 Å². The van der Waals surface area contributed by atoms with Crippen LogP contribution in [0, 0.1) is 6.92 Å². The van der Waals surface area contributed by atoms with E-state index in [0.29, 0.717) is 18.2 Å². The van der Waals surface area contributed by atoms with Crippen molar-refractivity contribution < 1.29 is 9.32 Å². The molecule has 0 atom stereocenters. The largest absolute Gasteiger partial charge is 0.360 e. The van der Waals surface area contributed by atoms with Crippen molar-refractivity contribution in [3.63, 3.8) is 0 Å². The molecule has 0 saturated heterocycles. The number of amides is 2. The lowest BCUT2D eigenvalue weighted by molar-refractivity contribution is 0.229. The van der Waals surface area contributed by atoms with E-state index in [1.165, 1.54) is 4.90 Å². The van der Waals surface area contributed by atoms with Crippen LogP contribution in [0.2, 0.25) is 0 Å². The maximum atomic E-state index is 11.6. The lowest BCUT2D eigenvalue weighted by atomic mass is 10.5. The van der Waals surface area contributed by atoms with E-state index in [2.05, 4.69) is 15.5 Å². The summed E-state index contributed by atoms with van der Waals surface area (Å²) >= 11 is 0. The Morgan fingerprint density at radius 3 is 3.13 bits per heavy atom. The van der Waals surface area contributed by atoms with Gasteiger partial charge in [-0.05, 0) is 13.0 Å². The van der Waals surface area contributed by atoms with Crippen LogP contribution in [-0.4, -0.2) is 29.0 Å². The average molecular weight is 206 g/mol. The van der Waals surface area contributed by atoms with Crippen molar-refractivity contribution in [2.75, 3.05) is 12.0 Å². The van der Waals surface area contributed by atoms with Crippen molar-refractivity contribution in [2.45, 2.75) is 6.92 Å². The Labute approximate surface area is 86.3 Å². The lowest BCUT2D eigenvalue weighted by Gasteiger charge is -2.17. The van der Waals surface area contributed by atoms with Gasteiger partial charge in [-0.1, -0.05) is 5.16 Å². The maximum Gasteiger partial charge on any atom is 0.328 e. The Hall–Kier alpha value is -2.11. The highest BCUT2D eigenvalue weighted by molar-refractivity contribution is 5.90. The van der Waals surface area contributed by atoms with Crippen LogP contribution in [0.25, 0.3) is 0 Å². The van der Waals surface area contributed by atoms with Gasteiger partial charge >= 0.3 is 6.03 Å². The minimum absolute atomic E-state index is 0.281. The third-order valence-corrected chi connectivity index (χ3v) is 1.82. The molecule has 0 bridgehead atoms. The predicted molar refractivity (Wildman–Crippen MR) is 54.6 cm³/mol. The molecule has 0 unspecified atom stereocenters. The number of urea groups is 1. The molecule has 15 heavy (non-hydrogen) atoms. The second-order valence-corrected chi connectivity index (χ2v) is 3.04. The Morgan fingerprint density at radius 1 is 1.67 bits per heavy atom.